The van der Waals surface area contributed by atoms with Crippen molar-refractivity contribution in [3.63, 3.8) is 0 Å². The highest BCUT2D eigenvalue weighted by molar-refractivity contribution is 5.87. The Morgan fingerprint density at radius 1 is 1.48 bits per heavy atom. The zero-order chi connectivity index (χ0) is 14.8. The molecule has 112 valence electrons. The number of anilines is 1. The van der Waals surface area contributed by atoms with Gasteiger partial charge in [-0.25, -0.2) is 9.48 Å². The van der Waals surface area contributed by atoms with Gasteiger partial charge in [0.05, 0.1) is 31.5 Å². The summed E-state index contributed by atoms with van der Waals surface area (Å²) in [5, 5.41) is 17.2. The number of nitrogens with zero attached hydrogens (tertiary/aromatic N) is 6. The van der Waals surface area contributed by atoms with Crippen LogP contribution in [0, 0.1) is 6.92 Å². The first-order valence-corrected chi connectivity index (χ1v) is 6.52. The van der Waals surface area contributed by atoms with Crippen LogP contribution in [-0.4, -0.2) is 55.0 Å². The van der Waals surface area contributed by atoms with Gasteiger partial charge < -0.3 is 10.1 Å². The summed E-state index contributed by atoms with van der Waals surface area (Å²) in [6.45, 7) is 2.71. The molecule has 2 atom stereocenters. The molecule has 3 rings (SSSR count). The molecule has 0 aliphatic carbocycles. The zero-order valence-corrected chi connectivity index (χ0v) is 11.7. The second-order valence-corrected chi connectivity index (χ2v) is 4.80. The maximum Gasteiger partial charge on any atom is 0.322 e. The lowest BCUT2D eigenvalue weighted by Gasteiger charge is -2.18. The average molecular weight is 292 g/mol. The number of urea groups is 1. The maximum atomic E-state index is 12.0. The van der Waals surface area contributed by atoms with Gasteiger partial charge in [-0.2, -0.15) is 4.98 Å². The molecule has 1 saturated heterocycles. The molecule has 0 bridgehead atoms. The molecule has 0 spiro atoms. The van der Waals surface area contributed by atoms with E-state index in [1.165, 1.54) is 0 Å². The lowest BCUT2D eigenvalue weighted by molar-refractivity contribution is 0.181. The summed E-state index contributed by atoms with van der Waals surface area (Å²) in [5.74, 6) is 0.985. The largest absolute Gasteiger partial charge is 0.377 e. The van der Waals surface area contributed by atoms with Gasteiger partial charge in [-0.05, 0) is 6.92 Å². The molecule has 0 radical (unpaired) electrons. The first-order valence-electron chi connectivity index (χ1n) is 6.52. The summed E-state index contributed by atoms with van der Waals surface area (Å²) >= 11 is 0. The quantitative estimate of drug-likeness (QED) is 0.787. The molecule has 0 aromatic carbocycles. The van der Waals surface area contributed by atoms with E-state index in [4.69, 9.17) is 4.74 Å². The Labute approximate surface area is 120 Å². The normalized spacial score (nSPS) is 21.4. The lowest BCUT2D eigenvalue weighted by Crippen LogP contribution is -2.43. The fourth-order valence-electron chi connectivity index (χ4n) is 2.16. The molecular weight excluding hydrogens is 276 g/mol. The van der Waals surface area contributed by atoms with Crippen LogP contribution in [0.15, 0.2) is 12.4 Å². The van der Waals surface area contributed by atoms with E-state index in [9.17, 15) is 4.79 Å². The van der Waals surface area contributed by atoms with Gasteiger partial charge in [-0.3, -0.25) is 10.00 Å². The van der Waals surface area contributed by atoms with Crippen LogP contribution >= 0.6 is 0 Å². The van der Waals surface area contributed by atoms with Gasteiger partial charge in [0.2, 0.25) is 5.95 Å². The average Bonchev–Trinajstić information content (AvgIpc) is 3.12. The van der Waals surface area contributed by atoms with Crippen molar-refractivity contribution in [3.8, 4) is 0 Å². The summed E-state index contributed by atoms with van der Waals surface area (Å²) in [7, 11) is 1.76. The summed E-state index contributed by atoms with van der Waals surface area (Å²) in [4.78, 5) is 16.1. The smallest absolute Gasteiger partial charge is 0.322 e. The molecule has 3 heterocycles. The van der Waals surface area contributed by atoms with Crippen LogP contribution in [0.5, 0.6) is 0 Å². The highest BCUT2D eigenvalue weighted by Crippen LogP contribution is 2.18. The number of aromatic nitrogens is 6. The Kier molecular flexibility index (Phi) is 3.52. The van der Waals surface area contributed by atoms with E-state index in [-0.39, 0.29) is 24.1 Å². The molecule has 1 fully saturated rings. The standard InChI is InChI=1S/C11H16N8O2/c1-7-13-10(16-18(7)2)15-11(20)14-8-5-21-6-9(8)19-4-3-12-17-19/h3-4,8-9H,5-6H2,1-2H3,(H2,14,15,16,20)/t8-,9+/m0/s1. The number of hydrogen-bond acceptors (Lipinski definition) is 6. The molecule has 2 N–H and O–H groups in total. The first-order chi connectivity index (χ1) is 10.1. The highest BCUT2D eigenvalue weighted by atomic mass is 16.5. The summed E-state index contributed by atoms with van der Waals surface area (Å²) in [6.07, 6.45) is 3.34. The molecule has 2 aromatic rings. The number of amides is 2. The van der Waals surface area contributed by atoms with Crippen molar-refractivity contribution in [1.82, 2.24) is 35.1 Å². The molecular formula is C11H16N8O2. The lowest BCUT2D eigenvalue weighted by atomic mass is 10.2. The van der Waals surface area contributed by atoms with Crippen LogP contribution in [0.4, 0.5) is 10.7 Å². The fraction of sp³-hybridized carbons (Fsp3) is 0.545. The van der Waals surface area contributed by atoms with E-state index in [0.717, 1.165) is 5.82 Å². The van der Waals surface area contributed by atoms with E-state index in [0.29, 0.717) is 13.2 Å². The fourth-order valence-corrected chi connectivity index (χ4v) is 2.16. The third-order valence-corrected chi connectivity index (χ3v) is 3.35. The number of aryl methyl sites for hydroxylation is 2. The van der Waals surface area contributed by atoms with E-state index in [1.807, 2.05) is 6.92 Å². The Hall–Kier alpha value is -2.49. The molecule has 1 aliphatic heterocycles. The SMILES string of the molecule is Cc1nc(NC(=O)N[C@H]2COC[C@H]2n2ccnn2)nn1C. The first kappa shape index (κ1) is 13.5. The molecule has 2 aromatic heterocycles. The summed E-state index contributed by atoms with van der Waals surface area (Å²) in [5.41, 5.74) is 0. The number of hydrogen-bond donors (Lipinski definition) is 2. The van der Waals surface area contributed by atoms with Crippen LogP contribution in [0.2, 0.25) is 0 Å². The number of nitrogens with one attached hydrogen (secondary N) is 2. The van der Waals surface area contributed by atoms with Crippen LogP contribution in [-0.2, 0) is 11.8 Å². The third-order valence-electron chi connectivity index (χ3n) is 3.35. The van der Waals surface area contributed by atoms with Crippen LogP contribution in [0.25, 0.3) is 0 Å². The van der Waals surface area contributed by atoms with Gasteiger partial charge in [0.25, 0.3) is 0 Å². The minimum atomic E-state index is -0.374. The third kappa shape index (κ3) is 2.84. The van der Waals surface area contributed by atoms with Crippen molar-refractivity contribution in [2.75, 3.05) is 18.5 Å². The minimum Gasteiger partial charge on any atom is -0.377 e. The van der Waals surface area contributed by atoms with E-state index >= 15 is 0 Å². The van der Waals surface area contributed by atoms with Gasteiger partial charge in [0.15, 0.2) is 0 Å². The van der Waals surface area contributed by atoms with Gasteiger partial charge in [0.1, 0.15) is 5.82 Å². The molecule has 10 heteroatoms. The van der Waals surface area contributed by atoms with Crippen molar-refractivity contribution in [3.05, 3.63) is 18.2 Å². The topological polar surface area (TPSA) is 112 Å². The van der Waals surface area contributed by atoms with Crippen molar-refractivity contribution >= 4 is 12.0 Å². The van der Waals surface area contributed by atoms with Gasteiger partial charge in [0, 0.05) is 13.2 Å². The van der Waals surface area contributed by atoms with Crippen LogP contribution in [0.1, 0.15) is 11.9 Å². The van der Waals surface area contributed by atoms with Crippen molar-refractivity contribution in [2.24, 2.45) is 7.05 Å². The predicted octanol–water partition coefficient (Wildman–Crippen LogP) is -0.523. The van der Waals surface area contributed by atoms with Gasteiger partial charge in [-0.15, -0.1) is 10.2 Å². The Morgan fingerprint density at radius 3 is 3.00 bits per heavy atom. The second-order valence-electron chi connectivity index (χ2n) is 4.80. The van der Waals surface area contributed by atoms with E-state index in [1.54, 1.807) is 28.8 Å². The maximum absolute atomic E-state index is 12.0. The summed E-state index contributed by atoms with van der Waals surface area (Å²) in [6, 6.07) is -0.630. The predicted molar refractivity (Wildman–Crippen MR) is 71.6 cm³/mol. The number of carbonyl (C=O) groups is 1. The minimum absolute atomic E-state index is 0.0725. The van der Waals surface area contributed by atoms with E-state index < -0.39 is 0 Å². The van der Waals surface area contributed by atoms with Crippen molar-refractivity contribution in [2.45, 2.75) is 19.0 Å². The van der Waals surface area contributed by atoms with Crippen molar-refractivity contribution < 1.29 is 9.53 Å². The van der Waals surface area contributed by atoms with Crippen molar-refractivity contribution in [1.29, 1.82) is 0 Å². The Balaban J connectivity index is 1.61. The number of rotatable bonds is 3. The molecule has 0 saturated carbocycles. The van der Waals surface area contributed by atoms with Crippen LogP contribution in [0.3, 0.4) is 0 Å². The summed E-state index contributed by atoms with van der Waals surface area (Å²) < 4.78 is 8.67. The highest BCUT2D eigenvalue weighted by Gasteiger charge is 2.31. The monoisotopic (exact) mass is 292 g/mol. The van der Waals surface area contributed by atoms with E-state index in [2.05, 4.69) is 31.0 Å². The number of carbonyl (C=O) groups excluding carboxylic acids is 1. The molecule has 10 nitrogen and oxygen atoms in total. The Morgan fingerprint density at radius 2 is 2.33 bits per heavy atom. The zero-order valence-electron chi connectivity index (χ0n) is 11.7. The molecule has 2 amide bonds. The Bertz CT molecular complexity index is 603. The van der Waals surface area contributed by atoms with Gasteiger partial charge >= 0.3 is 6.03 Å². The molecule has 21 heavy (non-hydrogen) atoms. The molecule has 0 unspecified atom stereocenters. The number of ether oxygens (including phenoxy) is 1. The second kappa shape index (κ2) is 5.48. The van der Waals surface area contributed by atoms with Crippen LogP contribution < -0.4 is 10.6 Å². The van der Waals surface area contributed by atoms with Gasteiger partial charge in [-0.1, -0.05) is 5.21 Å². The molecule has 1 aliphatic rings.